The molecule has 0 radical (unpaired) electrons. The summed E-state index contributed by atoms with van der Waals surface area (Å²) >= 11 is 0. The summed E-state index contributed by atoms with van der Waals surface area (Å²) in [6, 6.07) is 7.80. The van der Waals surface area contributed by atoms with E-state index in [4.69, 9.17) is 9.47 Å². The van der Waals surface area contributed by atoms with Gasteiger partial charge in [-0.1, -0.05) is 0 Å². The van der Waals surface area contributed by atoms with Crippen molar-refractivity contribution in [1.82, 2.24) is 9.78 Å². The number of aromatic nitrogens is 2. The molecule has 0 saturated heterocycles. The van der Waals surface area contributed by atoms with Crippen molar-refractivity contribution in [3.05, 3.63) is 36.7 Å². The van der Waals surface area contributed by atoms with Gasteiger partial charge >= 0.3 is 0 Å². The molecular formula is C15H18N2O2. The molecule has 1 heterocycles. The number of hydrogen-bond acceptors (Lipinski definition) is 3. The highest BCUT2D eigenvalue weighted by atomic mass is 16.5. The van der Waals surface area contributed by atoms with Gasteiger partial charge < -0.3 is 9.47 Å². The molecule has 0 unspecified atom stereocenters. The largest absolute Gasteiger partial charge is 0.497 e. The van der Waals surface area contributed by atoms with E-state index in [0.29, 0.717) is 6.10 Å². The Kier molecular flexibility index (Phi) is 3.40. The van der Waals surface area contributed by atoms with Crippen molar-refractivity contribution in [2.75, 3.05) is 7.11 Å². The monoisotopic (exact) mass is 258 g/mol. The van der Waals surface area contributed by atoms with Crippen LogP contribution in [0.2, 0.25) is 0 Å². The van der Waals surface area contributed by atoms with Crippen LogP contribution in [0.1, 0.15) is 25.7 Å². The molecule has 1 aromatic heterocycles. The zero-order valence-electron chi connectivity index (χ0n) is 11.1. The second kappa shape index (κ2) is 5.34. The predicted octanol–water partition coefficient (Wildman–Crippen LogP) is 3.20. The van der Waals surface area contributed by atoms with Crippen LogP contribution in [0.5, 0.6) is 11.5 Å². The molecule has 4 heteroatoms. The van der Waals surface area contributed by atoms with E-state index in [1.54, 1.807) is 13.3 Å². The van der Waals surface area contributed by atoms with Crippen molar-refractivity contribution in [1.29, 1.82) is 0 Å². The van der Waals surface area contributed by atoms with E-state index in [0.717, 1.165) is 30.0 Å². The highest BCUT2D eigenvalue weighted by Crippen LogP contribution is 2.24. The summed E-state index contributed by atoms with van der Waals surface area (Å²) in [5.74, 6) is 1.70. The van der Waals surface area contributed by atoms with E-state index >= 15 is 0 Å². The second-order valence-corrected chi connectivity index (χ2v) is 4.84. The maximum atomic E-state index is 5.91. The first-order chi connectivity index (χ1) is 9.35. The van der Waals surface area contributed by atoms with Crippen LogP contribution in [0.15, 0.2) is 36.7 Å². The van der Waals surface area contributed by atoms with E-state index in [1.807, 2.05) is 35.1 Å². The van der Waals surface area contributed by atoms with Gasteiger partial charge in [-0.15, -0.1) is 0 Å². The van der Waals surface area contributed by atoms with Gasteiger partial charge in [0.25, 0.3) is 0 Å². The Morgan fingerprint density at radius 3 is 2.53 bits per heavy atom. The zero-order chi connectivity index (χ0) is 13.1. The Morgan fingerprint density at radius 1 is 1.11 bits per heavy atom. The van der Waals surface area contributed by atoms with Crippen LogP contribution < -0.4 is 9.47 Å². The summed E-state index contributed by atoms with van der Waals surface area (Å²) in [5.41, 5.74) is 1.00. The average Bonchev–Trinajstić information content (AvgIpc) is 3.11. The molecule has 0 atom stereocenters. The third-order valence-electron chi connectivity index (χ3n) is 3.50. The zero-order valence-corrected chi connectivity index (χ0v) is 11.1. The molecule has 0 N–H and O–H groups in total. The van der Waals surface area contributed by atoms with Gasteiger partial charge in [0.1, 0.15) is 5.75 Å². The summed E-state index contributed by atoms with van der Waals surface area (Å²) < 4.78 is 12.9. The quantitative estimate of drug-likeness (QED) is 0.845. The first kappa shape index (κ1) is 12.1. The van der Waals surface area contributed by atoms with Crippen molar-refractivity contribution >= 4 is 0 Å². The molecule has 1 aliphatic carbocycles. The fourth-order valence-electron chi connectivity index (χ4n) is 2.44. The Balaban J connectivity index is 1.72. The molecule has 1 aliphatic rings. The topological polar surface area (TPSA) is 36.3 Å². The first-order valence-electron chi connectivity index (χ1n) is 6.71. The Morgan fingerprint density at radius 2 is 1.84 bits per heavy atom. The van der Waals surface area contributed by atoms with Gasteiger partial charge in [-0.2, -0.15) is 5.10 Å². The van der Waals surface area contributed by atoms with Gasteiger partial charge in [0, 0.05) is 0 Å². The SMILES string of the molecule is COc1ccc(-n2cc(OC3CCCC3)cn2)cc1. The van der Waals surface area contributed by atoms with Crippen molar-refractivity contribution in [3.63, 3.8) is 0 Å². The maximum Gasteiger partial charge on any atom is 0.158 e. The van der Waals surface area contributed by atoms with Crippen molar-refractivity contribution in [2.24, 2.45) is 0 Å². The summed E-state index contributed by atoms with van der Waals surface area (Å²) in [7, 11) is 1.66. The van der Waals surface area contributed by atoms with Crippen LogP contribution in [0.3, 0.4) is 0 Å². The molecule has 0 amide bonds. The lowest BCUT2D eigenvalue weighted by Gasteiger charge is -2.10. The summed E-state index contributed by atoms with van der Waals surface area (Å²) in [5, 5.41) is 4.33. The molecule has 0 aliphatic heterocycles. The minimum atomic E-state index is 0.369. The van der Waals surface area contributed by atoms with Gasteiger partial charge in [0.05, 0.1) is 31.3 Å². The van der Waals surface area contributed by atoms with Gasteiger partial charge in [0.15, 0.2) is 5.75 Å². The van der Waals surface area contributed by atoms with Crippen LogP contribution in [0, 0.1) is 0 Å². The number of nitrogens with zero attached hydrogens (tertiary/aromatic N) is 2. The normalized spacial score (nSPS) is 15.6. The van der Waals surface area contributed by atoms with Crippen molar-refractivity contribution in [3.8, 4) is 17.2 Å². The van der Waals surface area contributed by atoms with Gasteiger partial charge in [0.2, 0.25) is 0 Å². The number of benzene rings is 1. The van der Waals surface area contributed by atoms with Crippen LogP contribution in [0.4, 0.5) is 0 Å². The van der Waals surface area contributed by atoms with E-state index in [9.17, 15) is 0 Å². The fraction of sp³-hybridized carbons (Fsp3) is 0.400. The third kappa shape index (κ3) is 2.72. The molecule has 100 valence electrons. The van der Waals surface area contributed by atoms with Crippen LogP contribution >= 0.6 is 0 Å². The molecule has 1 saturated carbocycles. The lowest BCUT2D eigenvalue weighted by Crippen LogP contribution is -2.10. The molecule has 0 bridgehead atoms. The third-order valence-corrected chi connectivity index (χ3v) is 3.50. The van der Waals surface area contributed by atoms with Crippen molar-refractivity contribution < 1.29 is 9.47 Å². The number of methoxy groups -OCH3 is 1. The standard InChI is InChI=1S/C15H18N2O2/c1-18-13-8-6-12(7-9-13)17-11-15(10-16-17)19-14-4-2-3-5-14/h6-11,14H,2-5H2,1H3. The number of hydrogen-bond donors (Lipinski definition) is 0. The summed E-state index contributed by atoms with van der Waals surface area (Å²) in [6.07, 6.45) is 8.95. The van der Waals surface area contributed by atoms with Gasteiger partial charge in [-0.05, 0) is 49.9 Å². The lowest BCUT2D eigenvalue weighted by atomic mass is 10.3. The molecule has 2 aromatic rings. The number of ether oxygens (including phenoxy) is 2. The van der Waals surface area contributed by atoms with E-state index in [1.165, 1.54) is 12.8 Å². The molecule has 1 fully saturated rings. The lowest BCUT2D eigenvalue weighted by molar-refractivity contribution is 0.210. The van der Waals surface area contributed by atoms with Gasteiger partial charge in [-0.3, -0.25) is 0 Å². The molecule has 19 heavy (non-hydrogen) atoms. The Labute approximate surface area is 113 Å². The molecule has 0 spiro atoms. The Hall–Kier alpha value is -1.97. The molecule has 1 aromatic carbocycles. The van der Waals surface area contributed by atoms with Gasteiger partial charge in [-0.25, -0.2) is 4.68 Å². The minimum absolute atomic E-state index is 0.369. The highest BCUT2D eigenvalue weighted by molar-refractivity contribution is 5.37. The van der Waals surface area contributed by atoms with Crippen molar-refractivity contribution in [2.45, 2.75) is 31.8 Å². The molecule has 4 nitrogen and oxygen atoms in total. The van der Waals surface area contributed by atoms with E-state index in [-0.39, 0.29) is 0 Å². The van der Waals surface area contributed by atoms with E-state index < -0.39 is 0 Å². The van der Waals surface area contributed by atoms with Crippen LogP contribution in [-0.2, 0) is 0 Å². The van der Waals surface area contributed by atoms with Crippen LogP contribution in [-0.4, -0.2) is 23.0 Å². The second-order valence-electron chi connectivity index (χ2n) is 4.84. The predicted molar refractivity (Wildman–Crippen MR) is 73.0 cm³/mol. The Bertz CT molecular complexity index is 527. The fourth-order valence-corrected chi connectivity index (χ4v) is 2.44. The summed E-state index contributed by atoms with van der Waals surface area (Å²) in [6.45, 7) is 0. The van der Waals surface area contributed by atoms with Crippen LogP contribution in [0.25, 0.3) is 5.69 Å². The first-order valence-corrected chi connectivity index (χ1v) is 6.71. The molecular weight excluding hydrogens is 240 g/mol. The maximum absolute atomic E-state index is 5.91. The minimum Gasteiger partial charge on any atom is -0.497 e. The highest BCUT2D eigenvalue weighted by Gasteiger charge is 2.17. The smallest absolute Gasteiger partial charge is 0.158 e. The average molecular weight is 258 g/mol. The molecule has 3 rings (SSSR count). The van der Waals surface area contributed by atoms with E-state index in [2.05, 4.69) is 5.10 Å². The number of rotatable bonds is 4. The summed E-state index contributed by atoms with van der Waals surface area (Å²) in [4.78, 5) is 0.